The van der Waals surface area contributed by atoms with Gasteiger partial charge in [-0.2, -0.15) is 0 Å². The number of aryl methyl sites for hydroxylation is 1. The second-order valence-electron chi connectivity index (χ2n) is 10.0. The number of nitrogens with one attached hydrogen (secondary N) is 2. The normalized spacial score (nSPS) is 15.5. The van der Waals surface area contributed by atoms with Crippen LogP contribution in [-0.4, -0.2) is 49.8 Å². The summed E-state index contributed by atoms with van der Waals surface area (Å²) in [7, 11) is -2.52. The molecule has 3 heterocycles. The summed E-state index contributed by atoms with van der Waals surface area (Å²) in [5, 5.41) is 14.0. The molecule has 0 saturated carbocycles. The Bertz CT molecular complexity index is 1780. The second kappa shape index (κ2) is 12.1. The minimum absolute atomic E-state index is 0.0178. The number of hydrogen-bond donors (Lipinski definition) is 3. The molecule has 0 spiro atoms. The van der Waals surface area contributed by atoms with E-state index in [1.165, 1.54) is 18.4 Å². The summed E-state index contributed by atoms with van der Waals surface area (Å²) in [4.78, 5) is 8.50. The molecule has 1 aliphatic rings. The van der Waals surface area contributed by atoms with Crippen molar-refractivity contribution in [2.24, 2.45) is 0 Å². The Morgan fingerprint density at radius 3 is 2.74 bits per heavy atom. The summed E-state index contributed by atoms with van der Waals surface area (Å²) >= 11 is 1.28. The molecular weight excluding hydrogens is 572 g/mol. The van der Waals surface area contributed by atoms with Crippen LogP contribution in [0.25, 0.3) is 21.3 Å². The number of aliphatic hydroxyl groups excluding tert-OH is 1. The smallest absolute Gasteiger partial charge is 0.267 e. The van der Waals surface area contributed by atoms with Gasteiger partial charge in [0.25, 0.3) is 10.0 Å². The number of benzene rings is 3. The largest absolute Gasteiger partial charge is 0.495 e. The molecule has 0 amide bonds. The molecule has 5 aromatic rings. The van der Waals surface area contributed by atoms with Gasteiger partial charge in [-0.05, 0) is 72.0 Å². The Hall–Kier alpha value is -4.03. The Balaban J connectivity index is 1.15. The Labute approximate surface area is 248 Å². The molecule has 0 saturated heterocycles. The number of pyridine rings is 1. The third kappa shape index (κ3) is 6.09. The fraction of sp³-hybridized carbons (Fsp3) is 0.226. The van der Waals surface area contributed by atoms with Gasteiger partial charge in [0.15, 0.2) is 5.13 Å². The van der Waals surface area contributed by atoms with Crippen molar-refractivity contribution in [3.8, 4) is 22.6 Å². The van der Waals surface area contributed by atoms with Crippen LogP contribution in [0.1, 0.15) is 23.7 Å². The quantitative estimate of drug-likeness (QED) is 0.200. The van der Waals surface area contributed by atoms with Crippen LogP contribution in [0.3, 0.4) is 0 Å². The number of rotatable bonds is 10. The van der Waals surface area contributed by atoms with Crippen LogP contribution in [0, 0.1) is 0 Å². The van der Waals surface area contributed by atoms with E-state index in [9.17, 15) is 13.5 Å². The summed E-state index contributed by atoms with van der Waals surface area (Å²) in [6.45, 7) is 1.02. The highest BCUT2D eigenvalue weighted by Crippen LogP contribution is 2.36. The number of fused-ring (bicyclic) bond motifs is 2. The zero-order chi connectivity index (χ0) is 29.1. The SMILES string of the molecule is COc1ccc(-c2ccc3c(c2)CCC(CNCC(O)c2cccnc2)O3)cc1S(=O)(=O)Nc1nc2ccccc2s1. The molecule has 1 aliphatic heterocycles. The van der Waals surface area contributed by atoms with E-state index in [0.29, 0.717) is 18.2 Å². The summed E-state index contributed by atoms with van der Waals surface area (Å²) in [6.07, 6.45) is 4.34. The lowest BCUT2D eigenvalue weighted by Gasteiger charge is -2.27. The highest BCUT2D eigenvalue weighted by Gasteiger charge is 2.24. The third-order valence-corrected chi connectivity index (χ3v) is 9.61. The minimum Gasteiger partial charge on any atom is -0.495 e. The number of anilines is 1. The van der Waals surface area contributed by atoms with Crippen molar-refractivity contribution in [1.82, 2.24) is 15.3 Å². The predicted molar refractivity (Wildman–Crippen MR) is 164 cm³/mol. The first kappa shape index (κ1) is 28.1. The number of ether oxygens (including phenoxy) is 2. The first-order valence-corrected chi connectivity index (χ1v) is 15.8. The van der Waals surface area contributed by atoms with Gasteiger partial charge >= 0.3 is 0 Å². The number of sulfonamides is 1. The Morgan fingerprint density at radius 1 is 1.10 bits per heavy atom. The lowest BCUT2D eigenvalue weighted by molar-refractivity contribution is 0.146. The zero-order valence-electron chi connectivity index (χ0n) is 22.9. The van der Waals surface area contributed by atoms with Crippen LogP contribution in [0.15, 0.2) is 90.1 Å². The number of para-hydroxylation sites is 1. The zero-order valence-corrected chi connectivity index (χ0v) is 24.5. The fourth-order valence-corrected chi connectivity index (χ4v) is 7.29. The maximum Gasteiger partial charge on any atom is 0.267 e. The van der Waals surface area contributed by atoms with E-state index >= 15 is 0 Å². The predicted octanol–water partition coefficient (Wildman–Crippen LogP) is 5.18. The van der Waals surface area contributed by atoms with Crippen LogP contribution in [0.5, 0.6) is 11.5 Å². The number of thiazole rings is 1. The Kier molecular flexibility index (Phi) is 8.07. The van der Waals surface area contributed by atoms with Gasteiger partial charge in [-0.25, -0.2) is 13.4 Å². The van der Waals surface area contributed by atoms with E-state index in [4.69, 9.17) is 9.47 Å². The maximum absolute atomic E-state index is 13.5. The van der Waals surface area contributed by atoms with Crippen LogP contribution < -0.4 is 19.5 Å². The molecule has 3 aromatic carbocycles. The van der Waals surface area contributed by atoms with E-state index in [0.717, 1.165) is 51.1 Å². The highest BCUT2D eigenvalue weighted by atomic mass is 32.2. The molecule has 11 heteroatoms. The fourth-order valence-electron chi connectivity index (χ4n) is 4.99. The monoisotopic (exact) mass is 602 g/mol. The van der Waals surface area contributed by atoms with Crippen molar-refractivity contribution < 1.29 is 23.0 Å². The molecule has 42 heavy (non-hydrogen) atoms. The molecule has 0 aliphatic carbocycles. The maximum atomic E-state index is 13.5. The molecule has 0 radical (unpaired) electrons. The number of nitrogens with zero attached hydrogens (tertiary/aromatic N) is 2. The highest BCUT2D eigenvalue weighted by molar-refractivity contribution is 7.93. The van der Waals surface area contributed by atoms with Crippen molar-refractivity contribution in [1.29, 1.82) is 0 Å². The molecular formula is C31H30N4O5S2. The van der Waals surface area contributed by atoms with Gasteiger partial charge in [-0.15, -0.1) is 0 Å². The van der Waals surface area contributed by atoms with Gasteiger partial charge < -0.3 is 19.9 Å². The van der Waals surface area contributed by atoms with Crippen LogP contribution >= 0.6 is 11.3 Å². The summed E-state index contributed by atoms with van der Waals surface area (Å²) in [5.74, 6) is 1.06. The van der Waals surface area contributed by atoms with Crippen molar-refractivity contribution in [2.75, 3.05) is 24.9 Å². The molecule has 2 atom stereocenters. The molecule has 2 unspecified atom stereocenters. The second-order valence-corrected chi connectivity index (χ2v) is 12.7. The van der Waals surface area contributed by atoms with Crippen molar-refractivity contribution in [3.63, 3.8) is 0 Å². The summed E-state index contributed by atoms with van der Waals surface area (Å²) in [6, 6.07) is 22.2. The van der Waals surface area contributed by atoms with E-state index in [-0.39, 0.29) is 16.7 Å². The Morgan fingerprint density at radius 2 is 1.93 bits per heavy atom. The minimum atomic E-state index is -3.97. The van der Waals surface area contributed by atoms with Crippen molar-refractivity contribution in [2.45, 2.75) is 29.9 Å². The molecule has 0 bridgehead atoms. The molecule has 2 aromatic heterocycles. The topological polar surface area (TPSA) is 123 Å². The number of methoxy groups -OCH3 is 1. The molecule has 216 valence electrons. The van der Waals surface area contributed by atoms with Crippen LogP contribution in [0.2, 0.25) is 0 Å². The average molecular weight is 603 g/mol. The average Bonchev–Trinajstić information content (AvgIpc) is 3.42. The number of aromatic nitrogens is 2. The molecule has 6 rings (SSSR count). The standard InChI is InChI=1S/C31H30N4O5S2/c1-39-28-13-10-21(16-30(28)42(37,38)35-31-34-25-6-2-3-7-29(25)41-31)20-9-12-27-22(15-20)8-11-24(40-27)18-33-19-26(36)23-5-4-14-32-17-23/h2-7,9-10,12-17,24,26,33,36H,8,11,18-19H2,1H3,(H,34,35). The summed E-state index contributed by atoms with van der Waals surface area (Å²) in [5.41, 5.74) is 4.20. The van der Waals surface area contributed by atoms with Gasteiger partial charge in [0.2, 0.25) is 0 Å². The van der Waals surface area contributed by atoms with E-state index in [1.54, 1.807) is 30.6 Å². The van der Waals surface area contributed by atoms with E-state index < -0.39 is 16.1 Å². The van der Waals surface area contributed by atoms with Gasteiger partial charge in [0, 0.05) is 31.0 Å². The van der Waals surface area contributed by atoms with Gasteiger partial charge in [-0.3, -0.25) is 9.71 Å². The lowest BCUT2D eigenvalue weighted by Crippen LogP contribution is -2.36. The van der Waals surface area contributed by atoms with Crippen molar-refractivity contribution in [3.05, 3.63) is 96.3 Å². The number of aliphatic hydroxyl groups is 1. The molecule has 9 nitrogen and oxygen atoms in total. The third-order valence-electron chi connectivity index (χ3n) is 7.17. The van der Waals surface area contributed by atoms with E-state index in [1.807, 2.05) is 54.6 Å². The number of hydrogen-bond acceptors (Lipinski definition) is 9. The molecule has 3 N–H and O–H groups in total. The van der Waals surface area contributed by atoms with Crippen LogP contribution in [0.4, 0.5) is 5.13 Å². The lowest BCUT2D eigenvalue weighted by atomic mass is 9.97. The van der Waals surface area contributed by atoms with Gasteiger partial charge in [-0.1, -0.05) is 41.7 Å². The van der Waals surface area contributed by atoms with E-state index in [2.05, 4.69) is 20.0 Å². The molecule has 0 fully saturated rings. The first-order valence-electron chi connectivity index (χ1n) is 13.5. The van der Waals surface area contributed by atoms with Crippen molar-refractivity contribution >= 4 is 36.7 Å². The first-order chi connectivity index (χ1) is 20.4. The van der Waals surface area contributed by atoms with Crippen LogP contribution in [-0.2, 0) is 16.4 Å². The summed E-state index contributed by atoms with van der Waals surface area (Å²) < 4.78 is 42.1. The van der Waals surface area contributed by atoms with Gasteiger partial charge in [0.05, 0.1) is 23.4 Å². The van der Waals surface area contributed by atoms with Gasteiger partial charge in [0.1, 0.15) is 22.5 Å².